The summed E-state index contributed by atoms with van der Waals surface area (Å²) in [5, 5.41) is 3.57. The number of ether oxygens (including phenoxy) is 2. The van der Waals surface area contributed by atoms with Gasteiger partial charge in [-0.3, -0.25) is 4.79 Å². The third-order valence-electron chi connectivity index (χ3n) is 3.19. The number of anilines is 1. The lowest BCUT2D eigenvalue weighted by Gasteiger charge is -2.18. The van der Waals surface area contributed by atoms with Crippen molar-refractivity contribution in [3.05, 3.63) is 53.1 Å². The second-order valence-electron chi connectivity index (χ2n) is 4.57. The summed E-state index contributed by atoms with van der Waals surface area (Å²) < 4.78 is 10.6. The molecule has 0 fully saturated rings. The van der Waals surface area contributed by atoms with Gasteiger partial charge in [-0.1, -0.05) is 29.8 Å². The first kappa shape index (κ1) is 13.6. The van der Waals surface area contributed by atoms with Gasteiger partial charge in [-0.25, -0.2) is 0 Å². The van der Waals surface area contributed by atoms with E-state index < -0.39 is 11.9 Å². The fourth-order valence-electron chi connectivity index (χ4n) is 2.15. The number of hydrogen-bond donors (Lipinski definition) is 2. The summed E-state index contributed by atoms with van der Waals surface area (Å²) in [6, 6.07) is 11.7. The van der Waals surface area contributed by atoms with Crippen LogP contribution in [-0.4, -0.2) is 12.7 Å². The average Bonchev–Trinajstić information content (AvgIpc) is 2.93. The van der Waals surface area contributed by atoms with Crippen LogP contribution in [0, 0.1) is 0 Å². The molecule has 1 aliphatic rings. The number of rotatable bonds is 4. The molecule has 1 heterocycles. The summed E-state index contributed by atoms with van der Waals surface area (Å²) in [5.74, 6) is 0.744. The average molecular weight is 305 g/mol. The number of halogens is 1. The summed E-state index contributed by atoms with van der Waals surface area (Å²) >= 11 is 6.09. The van der Waals surface area contributed by atoms with Gasteiger partial charge in [-0.2, -0.15) is 0 Å². The van der Waals surface area contributed by atoms with Crippen molar-refractivity contribution in [3.63, 3.8) is 0 Å². The highest BCUT2D eigenvalue weighted by molar-refractivity contribution is 6.33. The van der Waals surface area contributed by atoms with Crippen LogP contribution in [0.5, 0.6) is 11.5 Å². The van der Waals surface area contributed by atoms with Gasteiger partial charge in [0.05, 0.1) is 10.7 Å². The zero-order valence-electron chi connectivity index (χ0n) is 11.0. The second-order valence-corrected chi connectivity index (χ2v) is 4.98. The Hall–Kier alpha value is -2.40. The number of carbonyl (C=O) groups excluding carboxylic acids is 1. The molecule has 0 spiro atoms. The van der Waals surface area contributed by atoms with Gasteiger partial charge in [0.1, 0.15) is 6.04 Å². The van der Waals surface area contributed by atoms with Gasteiger partial charge in [0, 0.05) is 0 Å². The number of nitrogens with two attached hydrogens (primary N) is 1. The minimum atomic E-state index is -0.709. The molecule has 3 N–H and O–H groups in total. The standard InChI is InChI=1S/C15H13ClN2O3/c16-10-3-1-2-4-11(10)18-14(15(17)19)9-5-6-12-13(7-9)21-8-20-12/h1-7,14,18H,8H2,(H2,17,19). The van der Waals surface area contributed by atoms with Crippen molar-refractivity contribution in [3.8, 4) is 11.5 Å². The fraction of sp³-hybridized carbons (Fsp3) is 0.133. The number of nitrogens with one attached hydrogen (secondary N) is 1. The van der Waals surface area contributed by atoms with E-state index in [1.165, 1.54) is 0 Å². The summed E-state index contributed by atoms with van der Waals surface area (Å²) in [6.45, 7) is 0.179. The first-order valence-electron chi connectivity index (χ1n) is 6.35. The SMILES string of the molecule is NC(=O)C(Nc1ccccc1Cl)c1ccc2c(c1)OCO2. The highest BCUT2D eigenvalue weighted by Crippen LogP contribution is 2.35. The van der Waals surface area contributed by atoms with Crippen LogP contribution in [0.2, 0.25) is 5.02 Å². The van der Waals surface area contributed by atoms with Crippen LogP contribution in [0.15, 0.2) is 42.5 Å². The van der Waals surface area contributed by atoms with Crippen LogP contribution >= 0.6 is 11.6 Å². The normalized spacial score (nSPS) is 13.8. The zero-order valence-corrected chi connectivity index (χ0v) is 11.8. The van der Waals surface area contributed by atoms with Crippen molar-refractivity contribution in [2.24, 2.45) is 5.73 Å². The van der Waals surface area contributed by atoms with Crippen LogP contribution < -0.4 is 20.5 Å². The summed E-state index contributed by atoms with van der Waals surface area (Å²) in [5.41, 5.74) is 6.82. The van der Waals surface area contributed by atoms with Crippen molar-refractivity contribution in [1.82, 2.24) is 0 Å². The van der Waals surface area contributed by atoms with Crippen molar-refractivity contribution < 1.29 is 14.3 Å². The first-order chi connectivity index (χ1) is 10.1. The smallest absolute Gasteiger partial charge is 0.244 e. The van der Waals surface area contributed by atoms with Gasteiger partial charge in [0.2, 0.25) is 12.7 Å². The van der Waals surface area contributed by atoms with Crippen LogP contribution in [-0.2, 0) is 4.79 Å². The molecule has 108 valence electrons. The Morgan fingerprint density at radius 2 is 1.95 bits per heavy atom. The van der Waals surface area contributed by atoms with Gasteiger partial charge in [-0.05, 0) is 29.8 Å². The predicted octanol–water partition coefficient (Wildman–Crippen LogP) is 2.71. The van der Waals surface area contributed by atoms with Crippen molar-refractivity contribution in [2.45, 2.75) is 6.04 Å². The van der Waals surface area contributed by atoms with Crippen LogP contribution in [0.3, 0.4) is 0 Å². The van der Waals surface area contributed by atoms with Crippen LogP contribution in [0.1, 0.15) is 11.6 Å². The molecule has 21 heavy (non-hydrogen) atoms. The minimum absolute atomic E-state index is 0.179. The van der Waals surface area contributed by atoms with E-state index in [1.807, 2.05) is 12.1 Å². The van der Waals surface area contributed by atoms with Crippen molar-refractivity contribution in [2.75, 3.05) is 12.1 Å². The molecule has 0 bridgehead atoms. The van der Waals surface area contributed by atoms with E-state index >= 15 is 0 Å². The summed E-state index contributed by atoms with van der Waals surface area (Å²) in [7, 11) is 0. The number of hydrogen-bond acceptors (Lipinski definition) is 4. The molecule has 1 amide bonds. The van der Waals surface area contributed by atoms with Gasteiger partial charge in [0.15, 0.2) is 11.5 Å². The molecule has 1 unspecified atom stereocenters. The second kappa shape index (κ2) is 5.54. The van der Waals surface area contributed by atoms with Gasteiger partial charge in [0.25, 0.3) is 0 Å². The van der Waals surface area contributed by atoms with E-state index in [4.69, 9.17) is 26.8 Å². The number of primary amides is 1. The zero-order chi connectivity index (χ0) is 14.8. The summed E-state index contributed by atoms with van der Waals surface area (Å²) in [4.78, 5) is 11.8. The molecule has 1 aliphatic heterocycles. The van der Waals surface area contributed by atoms with Crippen LogP contribution in [0.25, 0.3) is 0 Å². The molecule has 1 atom stereocenters. The number of amides is 1. The monoisotopic (exact) mass is 304 g/mol. The molecule has 0 radical (unpaired) electrons. The number of carbonyl (C=O) groups is 1. The molecule has 0 aliphatic carbocycles. The Labute approximate surface area is 126 Å². The third-order valence-corrected chi connectivity index (χ3v) is 3.52. The van der Waals surface area contributed by atoms with Crippen molar-refractivity contribution in [1.29, 1.82) is 0 Å². The van der Waals surface area contributed by atoms with Crippen molar-refractivity contribution >= 4 is 23.2 Å². The molecule has 0 saturated heterocycles. The number of benzene rings is 2. The first-order valence-corrected chi connectivity index (χ1v) is 6.73. The largest absolute Gasteiger partial charge is 0.454 e. The van der Waals surface area contributed by atoms with E-state index in [-0.39, 0.29) is 6.79 Å². The Kier molecular flexibility index (Phi) is 3.58. The Balaban J connectivity index is 1.92. The van der Waals surface area contributed by atoms with E-state index in [9.17, 15) is 4.79 Å². The molecule has 5 nitrogen and oxygen atoms in total. The third kappa shape index (κ3) is 2.73. The molecular weight excluding hydrogens is 292 g/mol. The lowest BCUT2D eigenvalue weighted by Crippen LogP contribution is -2.27. The number of para-hydroxylation sites is 1. The van der Waals surface area contributed by atoms with Gasteiger partial charge >= 0.3 is 0 Å². The molecule has 2 aromatic carbocycles. The molecule has 6 heteroatoms. The van der Waals surface area contributed by atoms with Gasteiger partial charge in [-0.15, -0.1) is 0 Å². The maximum absolute atomic E-state index is 11.8. The Bertz CT molecular complexity index is 690. The fourth-order valence-corrected chi connectivity index (χ4v) is 2.34. The maximum Gasteiger partial charge on any atom is 0.244 e. The minimum Gasteiger partial charge on any atom is -0.454 e. The predicted molar refractivity (Wildman–Crippen MR) is 79.6 cm³/mol. The van der Waals surface area contributed by atoms with Gasteiger partial charge < -0.3 is 20.5 Å². The molecule has 0 aromatic heterocycles. The lowest BCUT2D eigenvalue weighted by atomic mass is 10.1. The lowest BCUT2D eigenvalue weighted by molar-refractivity contribution is -0.118. The molecule has 0 saturated carbocycles. The highest BCUT2D eigenvalue weighted by Gasteiger charge is 2.22. The van der Waals surface area contributed by atoms with Crippen LogP contribution in [0.4, 0.5) is 5.69 Å². The van der Waals surface area contributed by atoms with E-state index in [2.05, 4.69) is 5.32 Å². The molecule has 3 rings (SSSR count). The Morgan fingerprint density at radius 1 is 1.19 bits per heavy atom. The highest BCUT2D eigenvalue weighted by atomic mass is 35.5. The molecule has 2 aromatic rings. The maximum atomic E-state index is 11.8. The van der Waals surface area contributed by atoms with E-state index in [1.54, 1.807) is 30.3 Å². The van der Waals surface area contributed by atoms with E-state index in [0.29, 0.717) is 27.8 Å². The quantitative estimate of drug-likeness (QED) is 0.911. The Morgan fingerprint density at radius 3 is 2.71 bits per heavy atom. The summed E-state index contributed by atoms with van der Waals surface area (Å²) in [6.07, 6.45) is 0. The topological polar surface area (TPSA) is 73.6 Å². The molecular formula is C15H13ClN2O3. The number of fused-ring (bicyclic) bond motifs is 1. The van der Waals surface area contributed by atoms with E-state index in [0.717, 1.165) is 0 Å².